The summed E-state index contributed by atoms with van der Waals surface area (Å²) in [5, 5.41) is 4.66. The topological polar surface area (TPSA) is 12.0 Å². The highest BCUT2D eigenvalue weighted by atomic mass is 35.5. The monoisotopic (exact) mass is 265 g/mol. The van der Waals surface area contributed by atoms with Crippen molar-refractivity contribution in [3.05, 3.63) is 34.3 Å². The van der Waals surface area contributed by atoms with Gasteiger partial charge in [-0.3, -0.25) is 0 Å². The van der Waals surface area contributed by atoms with Crippen molar-refractivity contribution in [1.82, 2.24) is 5.32 Å². The molecule has 0 spiro atoms. The van der Waals surface area contributed by atoms with Crippen LogP contribution in [0.25, 0.3) is 0 Å². The molecular formula is C16H24ClN. The molecule has 1 unspecified atom stereocenters. The van der Waals surface area contributed by atoms with Crippen molar-refractivity contribution in [3.8, 4) is 0 Å². The Bertz CT molecular complexity index is 406. The fraction of sp³-hybridized carbons (Fsp3) is 0.625. The number of hydrogen-bond donors (Lipinski definition) is 1. The van der Waals surface area contributed by atoms with E-state index in [0.29, 0.717) is 0 Å². The lowest BCUT2D eigenvalue weighted by Crippen LogP contribution is -2.43. The first-order valence-corrected chi connectivity index (χ1v) is 7.39. The molecule has 0 saturated carbocycles. The van der Waals surface area contributed by atoms with Gasteiger partial charge in [-0.05, 0) is 62.3 Å². The fourth-order valence-electron chi connectivity index (χ4n) is 3.21. The van der Waals surface area contributed by atoms with Crippen LogP contribution in [0.4, 0.5) is 0 Å². The minimum Gasteiger partial charge on any atom is -0.311 e. The highest BCUT2D eigenvalue weighted by Gasteiger charge is 2.34. The van der Waals surface area contributed by atoms with Gasteiger partial charge in [-0.1, -0.05) is 37.6 Å². The molecule has 2 rings (SSSR count). The third-order valence-corrected chi connectivity index (χ3v) is 4.22. The molecule has 1 atom stereocenters. The van der Waals surface area contributed by atoms with Crippen molar-refractivity contribution in [1.29, 1.82) is 0 Å². The van der Waals surface area contributed by atoms with Crippen molar-refractivity contribution >= 4 is 11.6 Å². The van der Waals surface area contributed by atoms with E-state index < -0.39 is 0 Å². The van der Waals surface area contributed by atoms with Crippen molar-refractivity contribution in [3.63, 3.8) is 0 Å². The van der Waals surface area contributed by atoms with E-state index in [1.54, 1.807) is 0 Å². The van der Waals surface area contributed by atoms with Crippen LogP contribution in [0.5, 0.6) is 0 Å². The second-order valence-electron chi connectivity index (χ2n) is 6.18. The molecular weight excluding hydrogens is 242 g/mol. The molecule has 1 aromatic carbocycles. The Hall–Kier alpha value is -0.530. The summed E-state index contributed by atoms with van der Waals surface area (Å²) in [5.41, 5.74) is 2.80. The van der Waals surface area contributed by atoms with Crippen LogP contribution in [-0.4, -0.2) is 12.1 Å². The predicted octanol–water partition coefficient (Wildman–Crippen LogP) is 4.36. The van der Waals surface area contributed by atoms with Crippen molar-refractivity contribution in [2.24, 2.45) is 5.92 Å². The average molecular weight is 266 g/mol. The second-order valence-corrected chi connectivity index (χ2v) is 6.59. The van der Waals surface area contributed by atoms with Gasteiger partial charge < -0.3 is 5.32 Å². The number of rotatable bonds is 4. The quantitative estimate of drug-likeness (QED) is 0.853. The first kappa shape index (κ1) is 13.9. The fourth-order valence-corrected chi connectivity index (χ4v) is 3.51. The molecule has 2 heteroatoms. The first-order chi connectivity index (χ1) is 8.51. The Balaban J connectivity index is 2.18. The number of benzene rings is 1. The largest absolute Gasteiger partial charge is 0.311 e. The molecule has 18 heavy (non-hydrogen) atoms. The maximum Gasteiger partial charge on any atom is 0.0441 e. The lowest BCUT2D eigenvalue weighted by Gasteiger charge is -2.32. The third kappa shape index (κ3) is 3.27. The van der Waals surface area contributed by atoms with Gasteiger partial charge in [-0.15, -0.1) is 0 Å². The first-order valence-electron chi connectivity index (χ1n) is 7.01. The van der Waals surface area contributed by atoms with Crippen LogP contribution in [0.15, 0.2) is 18.2 Å². The van der Waals surface area contributed by atoms with Crippen LogP contribution in [0.2, 0.25) is 5.02 Å². The molecule has 0 aliphatic carbocycles. The van der Waals surface area contributed by atoms with Crippen LogP contribution < -0.4 is 5.32 Å². The zero-order chi connectivity index (χ0) is 13.2. The zero-order valence-electron chi connectivity index (χ0n) is 11.7. The molecule has 0 aromatic heterocycles. The van der Waals surface area contributed by atoms with Crippen molar-refractivity contribution < 1.29 is 0 Å². The third-order valence-electron chi connectivity index (χ3n) is 3.87. The molecule has 0 amide bonds. The average Bonchev–Trinajstić information content (AvgIpc) is 2.70. The molecule has 1 fully saturated rings. The van der Waals surface area contributed by atoms with Gasteiger partial charge in [0.05, 0.1) is 0 Å². The highest BCUT2D eigenvalue weighted by Crippen LogP contribution is 2.32. The van der Waals surface area contributed by atoms with Crippen LogP contribution in [-0.2, 0) is 6.42 Å². The number of hydrogen-bond acceptors (Lipinski definition) is 1. The van der Waals surface area contributed by atoms with Gasteiger partial charge in [0.1, 0.15) is 0 Å². The minimum absolute atomic E-state index is 0.271. The van der Waals surface area contributed by atoms with Crippen molar-refractivity contribution in [2.45, 2.75) is 52.0 Å². The van der Waals surface area contributed by atoms with E-state index in [-0.39, 0.29) is 5.54 Å². The van der Waals surface area contributed by atoms with Gasteiger partial charge in [0, 0.05) is 10.6 Å². The molecule has 1 saturated heterocycles. The molecule has 0 bridgehead atoms. The molecule has 1 aromatic rings. The number of nitrogens with one attached hydrogen (secondary N) is 1. The molecule has 1 heterocycles. The lowest BCUT2D eigenvalue weighted by atomic mass is 9.82. The predicted molar refractivity (Wildman–Crippen MR) is 79.3 cm³/mol. The number of aryl methyl sites for hydroxylation is 1. The SMILES string of the molecule is Cc1ccc(CC2(CC(C)C)CCCN2)c(Cl)c1. The molecule has 100 valence electrons. The van der Waals surface area contributed by atoms with Gasteiger partial charge in [-0.25, -0.2) is 0 Å². The van der Waals surface area contributed by atoms with Gasteiger partial charge >= 0.3 is 0 Å². The summed E-state index contributed by atoms with van der Waals surface area (Å²) in [6.45, 7) is 7.85. The molecule has 1 N–H and O–H groups in total. The smallest absolute Gasteiger partial charge is 0.0441 e. The van der Waals surface area contributed by atoms with E-state index in [4.69, 9.17) is 11.6 Å². The van der Waals surface area contributed by atoms with Gasteiger partial charge in [0.15, 0.2) is 0 Å². The Kier molecular flexibility index (Phi) is 4.34. The normalized spacial score (nSPS) is 23.8. The van der Waals surface area contributed by atoms with Crippen LogP contribution in [0.1, 0.15) is 44.2 Å². The van der Waals surface area contributed by atoms with Gasteiger partial charge in [-0.2, -0.15) is 0 Å². The molecule has 1 aliphatic heterocycles. The van der Waals surface area contributed by atoms with Gasteiger partial charge in [0.2, 0.25) is 0 Å². The van der Waals surface area contributed by atoms with E-state index >= 15 is 0 Å². The molecule has 0 radical (unpaired) electrons. The summed E-state index contributed by atoms with van der Waals surface area (Å²) < 4.78 is 0. The Morgan fingerprint density at radius 2 is 2.17 bits per heavy atom. The minimum atomic E-state index is 0.271. The van der Waals surface area contributed by atoms with E-state index in [1.807, 2.05) is 0 Å². The molecule has 1 aliphatic rings. The van der Waals surface area contributed by atoms with Crippen LogP contribution in [0.3, 0.4) is 0 Å². The van der Waals surface area contributed by atoms with Crippen molar-refractivity contribution in [2.75, 3.05) is 6.54 Å². The Morgan fingerprint density at radius 3 is 2.72 bits per heavy atom. The van der Waals surface area contributed by atoms with Crippen LogP contribution >= 0.6 is 11.6 Å². The van der Waals surface area contributed by atoms with E-state index in [1.165, 1.54) is 30.4 Å². The summed E-state index contributed by atoms with van der Waals surface area (Å²) in [5.74, 6) is 0.722. The maximum absolute atomic E-state index is 6.38. The summed E-state index contributed by atoms with van der Waals surface area (Å²) in [4.78, 5) is 0. The standard InChI is InChI=1S/C16H24ClN/c1-12(2)10-16(7-4-8-18-16)11-14-6-5-13(3)9-15(14)17/h5-6,9,12,18H,4,7-8,10-11H2,1-3H3. The highest BCUT2D eigenvalue weighted by molar-refractivity contribution is 6.31. The summed E-state index contributed by atoms with van der Waals surface area (Å²) in [7, 11) is 0. The summed E-state index contributed by atoms with van der Waals surface area (Å²) in [6, 6.07) is 6.44. The van der Waals surface area contributed by atoms with E-state index in [2.05, 4.69) is 44.3 Å². The molecule has 1 nitrogen and oxygen atoms in total. The summed E-state index contributed by atoms with van der Waals surface area (Å²) >= 11 is 6.38. The second kappa shape index (κ2) is 5.63. The number of halogens is 1. The zero-order valence-corrected chi connectivity index (χ0v) is 12.5. The van der Waals surface area contributed by atoms with Gasteiger partial charge in [0.25, 0.3) is 0 Å². The van der Waals surface area contributed by atoms with Crippen LogP contribution in [0, 0.1) is 12.8 Å². The van der Waals surface area contributed by atoms with E-state index in [0.717, 1.165) is 23.9 Å². The Morgan fingerprint density at radius 1 is 1.39 bits per heavy atom. The maximum atomic E-state index is 6.38. The van der Waals surface area contributed by atoms with E-state index in [9.17, 15) is 0 Å². The Labute approximate surface area is 116 Å². The lowest BCUT2D eigenvalue weighted by molar-refractivity contribution is 0.301. The summed E-state index contributed by atoms with van der Waals surface area (Å²) in [6.07, 6.45) is 4.85.